The van der Waals surface area contributed by atoms with Gasteiger partial charge in [-0.1, -0.05) is 6.92 Å². The Morgan fingerprint density at radius 1 is 1.36 bits per heavy atom. The second kappa shape index (κ2) is 11.9. The molecule has 25 heavy (non-hydrogen) atoms. The molecule has 0 saturated carbocycles. The van der Waals surface area contributed by atoms with Crippen molar-refractivity contribution >= 4 is 5.96 Å². The minimum Gasteiger partial charge on any atom is -0.469 e. The van der Waals surface area contributed by atoms with Gasteiger partial charge in [0.25, 0.3) is 0 Å². The number of rotatable bonds is 11. The van der Waals surface area contributed by atoms with Gasteiger partial charge in [-0.2, -0.15) is 0 Å². The standard InChI is InChI=1S/C19H34N4O2/c1-3-23-13-6-8-17(23)16-22-19(20-11-4-5-14-24-2)21-12-10-18-9-7-15-25-18/h7,9,15,17H,3-6,8,10-14,16H2,1-2H3,(H2,20,21,22). The summed E-state index contributed by atoms with van der Waals surface area (Å²) in [5, 5.41) is 6.88. The molecule has 1 aromatic rings. The zero-order valence-electron chi connectivity index (χ0n) is 15.8. The number of nitrogens with zero attached hydrogens (tertiary/aromatic N) is 2. The molecule has 0 amide bonds. The first kappa shape index (κ1) is 19.8. The molecule has 1 atom stereocenters. The highest BCUT2D eigenvalue weighted by atomic mass is 16.5. The Morgan fingerprint density at radius 2 is 2.24 bits per heavy atom. The van der Waals surface area contributed by atoms with E-state index < -0.39 is 0 Å². The zero-order chi connectivity index (χ0) is 17.7. The SMILES string of the molecule is CCN1CCCC1CN=C(NCCCCOC)NCCc1ccco1. The van der Waals surface area contributed by atoms with Gasteiger partial charge in [-0.05, 0) is 50.9 Å². The highest BCUT2D eigenvalue weighted by molar-refractivity contribution is 5.79. The monoisotopic (exact) mass is 350 g/mol. The summed E-state index contributed by atoms with van der Waals surface area (Å²) in [5.41, 5.74) is 0. The molecule has 0 spiro atoms. The van der Waals surface area contributed by atoms with Crippen LogP contribution in [0.2, 0.25) is 0 Å². The fraction of sp³-hybridized carbons (Fsp3) is 0.737. The van der Waals surface area contributed by atoms with Gasteiger partial charge in [-0.3, -0.25) is 9.89 Å². The summed E-state index contributed by atoms with van der Waals surface area (Å²) in [6, 6.07) is 4.52. The average molecular weight is 351 g/mol. The molecule has 2 rings (SSSR count). The van der Waals surface area contributed by atoms with Gasteiger partial charge in [0.05, 0.1) is 12.8 Å². The molecule has 0 radical (unpaired) electrons. The van der Waals surface area contributed by atoms with E-state index >= 15 is 0 Å². The third-order valence-electron chi connectivity index (χ3n) is 4.68. The Bertz CT molecular complexity index is 476. The van der Waals surface area contributed by atoms with E-state index in [9.17, 15) is 0 Å². The molecule has 142 valence electrons. The van der Waals surface area contributed by atoms with Crippen molar-refractivity contribution in [2.24, 2.45) is 4.99 Å². The summed E-state index contributed by atoms with van der Waals surface area (Å²) in [6.45, 7) is 7.97. The quantitative estimate of drug-likeness (QED) is 0.364. The highest BCUT2D eigenvalue weighted by Crippen LogP contribution is 2.16. The van der Waals surface area contributed by atoms with Crippen LogP contribution in [0.1, 0.15) is 38.4 Å². The molecule has 1 aliphatic heterocycles. The molecule has 6 nitrogen and oxygen atoms in total. The molecule has 2 N–H and O–H groups in total. The van der Waals surface area contributed by atoms with Crippen molar-refractivity contribution in [3.05, 3.63) is 24.2 Å². The number of unbranched alkanes of at least 4 members (excludes halogenated alkanes) is 1. The van der Waals surface area contributed by atoms with Crippen LogP contribution in [0, 0.1) is 0 Å². The molecule has 1 aliphatic rings. The number of methoxy groups -OCH3 is 1. The summed E-state index contributed by atoms with van der Waals surface area (Å²) >= 11 is 0. The first-order valence-electron chi connectivity index (χ1n) is 9.61. The van der Waals surface area contributed by atoms with Gasteiger partial charge in [0.1, 0.15) is 5.76 Å². The normalized spacial score (nSPS) is 18.6. The van der Waals surface area contributed by atoms with Gasteiger partial charge in [-0.15, -0.1) is 0 Å². The molecule has 2 heterocycles. The van der Waals surface area contributed by atoms with E-state index in [1.165, 1.54) is 19.4 Å². The number of ether oxygens (including phenoxy) is 1. The minimum absolute atomic E-state index is 0.585. The van der Waals surface area contributed by atoms with Crippen LogP contribution in [0.25, 0.3) is 0 Å². The van der Waals surface area contributed by atoms with Gasteiger partial charge in [0.15, 0.2) is 5.96 Å². The molecule has 0 bridgehead atoms. The molecule has 1 saturated heterocycles. The van der Waals surface area contributed by atoms with E-state index in [0.717, 1.165) is 63.8 Å². The fourth-order valence-corrected chi connectivity index (χ4v) is 3.23. The van der Waals surface area contributed by atoms with Crippen molar-refractivity contribution in [1.29, 1.82) is 0 Å². The molecule has 1 unspecified atom stereocenters. The summed E-state index contributed by atoms with van der Waals surface area (Å²) in [5.74, 6) is 1.91. The Kier molecular flexibility index (Phi) is 9.44. The Morgan fingerprint density at radius 3 is 3.00 bits per heavy atom. The van der Waals surface area contributed by atoms with Crippen LogP contribution in [0.4, 0.5) is 0 Å². The maximum absolute atomic E-state index is 5.39. The molecule has 0 aliphatic carbocycles. The fourth-order valence-electron chi connectivity index (χ4n) is 3.23. The molecular formula is C19H34N4O2. The summed E-state index contributed by atoms with van der Waals surface area (Å²) < 4.78 is 10.5. The van der Waals surface area contributed by atoms with Crippen molar-refractivity contribution in [2.75, 3.05) is 46.4 Å². The van der Waals surface area contributed by atoms with Gasteiger partial charge >= 0.3 is 0 Å². The van der Waals surface area contributed by atoms with E-state index in [1.807, 2.05) is 12.1 Å². The first-order chi connectivity index (χ1) is 12.3. The summed E-state index contributed by atoms with van der Waals surface area (Å²) in [6.07, 6.45) is 7.27. The third kappa shape index (κ3) is 7.48. The molecule has 0 aromatic carbocycles. The van der Waals surface area contributed by atoms with Gasteiger partial charge in [0, 0.05) is 39.3 Å². The van der Waals surface area contributed by atoms with Crippen molar-refractivity contribution in [2.45, 2.75) is 45.1 Å². The van der Waals surface area contributed by atoms with Crippen LogP contribution in [-0.2, 0) is 11.2 Å². The Balaban J connectivity index is 1.78. The topological polar surface area (TPSA) is 62.0 Å². The maximum Gasteiger partial charge on any atom is 0.191 e. The molecule has 1 fully saturated rings. The van der Waals surface area contributed by atoms with E-state index in [-0.39, 0.29) is 0 Å². The largest absolute Gasteiger partial charge is 0.469 e. The van der Waals surface area contributed by atoms with Crippen molar-refractivity contribution in [3.8, 4) is 0 Å². The van der Waals surface area contributed by atoms with Crippen LogP contribution in [0.5, 0.6) is 0 Å². The van der Waals surface area contributed by atoms with E-state index in [2.05, 4.69) is 22.5 Å². The van der Waals surface area contributed by atoms with Crippen LogP contribution >= 0.6 is 0 Å². The maximum atomic E-state index is 5.39. The van der Waals surface area contributed by atoms with Crippen LogP contribution in [0.15, 0.2) is 27.8 Å². The molecule has 1 aromatic heterocycles. The van der Waals surface area contributed by atoms with E-state index in [4.69, 9.17) is 14.1 Å². The van der Waals surface area contributed by atoms with Gasteiger partial charge in [-0.25, -0.2) is 0 Å². The number of nitrogens with one attached hydrogen (secondary N) is 2. The number of likely N-dealkylation sites (N-methyl/N-ethyl adjacent to an activating group) is 1. The second-order valence-corrected chi connectivity index (χ2v) is 6.50. The second-order valence-electron chi connectivity index (χ2n) is 6.50. The van der Waals surface area contributed by atoms with E-state index in [1.54, 1.807) is 13.4 Å². The smallest absolute Gasteiger partial charge is 0.191 e. The summed E-state index contributed by atoms with van der Waals surface area (Å²) in [4.78, 5) is 7.36. The Hall–Kier alpha value is -1.53. The summed E-state index contributed by atoms with van der Waals surface area (Å²) in [7, 11) is 1.75. The number of hydrogen-bond acceptors (Lipinski definition) is 4. The average Bonchev–Trinajstić information content (AvgIpc) is 3.30. The first-order valence-corrected chi connectivity index (χ1v) is 9.61. The number of likely N-dealkylation sites (tertiary alicyclic amines) is 1. The predicted octanol–water partition coefficient (Wildman–Crippen LogP) is 2.27. The molecular weight excluding hydrogens is 316 g/mol. The third-order valence-corrected chi connectivity index (χ3v) is 4.68. The number of furan rings is 1. The Labute approximate surface area is 152 Å². The molecule has 6 heteroatoms. The van der Waals surface area contributed by atoms with Crippen LogP contribution in [-0.4, -0.2) is 63.3 Å². The predicted molar refractivity (Wildman–Crippen MR) is 102 cm³/mol. The number of hydrogen-bond donors (Lipinski definition) is 2. The van der Waals surface area contributed by atoms with E-state index in [0.29, 0.717) is 6.04 Å². The minimum atomic E-state index is 0.585. The van der Waals surface area contributed by atoms with Crippen molar-refractivity contribution < 1.29 is 9.15 Å². The lowest BCUT2D eigenvalue weighted by Crippen LogP contribution is -2.40. The van der Waals surface area contributed by atoms with Crippen molar-refractivity contribution in [1.82, 2.24) is 15.5 Å². The van der Waals surface area contributed by atoms with Gasteiger partial charge < -0.3 is 19.8 Å². The lowest BCUT2D eigenvalue weighted by molar-refractivity contribution is 0.193. The number of guanidine groups is 1. The van der Waals surface area contributed by atoms with Gasteiger partial charge in [0.2, 0.25) is 0 Å². The highest BCUT2D eigenvalue weighted by Gasteiger charge is 2.22. The van der Waals surface area contributed by atoms with Crippen molar-refractivity contribution in [3.63, 3.8) is 0 Å². The van der Waals surface area contributed by atoms with Crippen LogP contribution < -0.4 is 10.6 Å². The zero-order valence-corrected chi connectivity index (χ0v) is 15.8. The number of aliphatic imine (C=N–C) groups is 1. The van der Waals surface area contributed by atoms with Crippen LogP contribution in [0.3, 0.4) is 0 Å². The lowest BCUT2D eigenvalue weighted by Gasteiger charge is -2.21. The lowest BCUT2D eigenvalue weighted by atomic mass is 10.2.